The summed E-state index contributed by atoms with van der Waals surface area (Å²) in [6, 6.07) is 3.57. The van der Waals surface area contributed by atoms with Crippen LogP contribution >= 0.6 is 11.5 Å². The van der Waals surface area contributed by atoms with E-state index in [1.54, 1.807) is 0 Å². The van der Waals surface area contributed by atoms with Crippen molar-refractivity contribution in [1.29, 1.82) is 0 Å². The molecule has 2 amide bonds. The molecule has 0 fully saturated rings. The number of halogens is 3. The zero-order chi connectivity index (χ0) is 15.5. The van der Waals surface area contributed by atoms with Gasteiger partial charge in [-0.25, -0.2) is 0 Å². The minimum atomic E-state index is -4.47. The van der Waals surface area contributed by atoms with Crippen molar-refractivity contribution in [2.45, 2.75) is 6.18 Å². The zero-order valence-corrected chi connectivity index (χ0v) is 11.0. The van der Waals surface area contributed by atoms with Crippen LogP contribution in [0.5, 0.6) is 0 Å². The van der Waals surface area contributed by atoms with Crippen molar-refractivity contribution in [3.05, 3.63) is 46.5 Å². The molecule has 0 atom stereocenters. The van der Waals surface area contributed by atoms with E-state index in [-0.39, 0.29) is 11.3 Å². The lowest BCUT2D eigenvalue weighted by Crippen LogP contribution is -2.41. The van der Waals surface area contributed by atoms with Crippen molar-refractivity contribution in [3.63, 3.8) is 0 Å². The summed E-state index contributed by atoms with van der Waals surface area (Å²) in [5.74, 6) is -1.43. The van der Waals surface area contributed by atoms with Gasteiger partial charge >= 0.3 is 6.18 Å². The van der Waals surface area contributed by atoms with Crippen LogP contribution in [-0.2, 0) is 6.18 Å². The number of benzene rings is 1. The summed E-state index contributed by atoms with van der Waals surface area (Å²) in [5.41, 5.74) is 3.26. The van der Waals surface area contributed by atoms with E-state index in [4.69, 9.17) is 0 Å². The highest BCUT2D eigenvalue weighted by Crippen LogP contribution is 2.28. The molecule has 0 bridgehead atoms. The second-order valence-electron chi connectivity index (χ2n) is 3.77. The van der Waals surface area contributed by atoms with Gasteiger partial charge in [0.15, 0.2) is 5.69 Å². The molecule has 1 aromatic carbocycles. The first-order valence-corrected chi connectivity index (χ1v) is 6.26. The molecule has 0 radical (unpaired) electrons. The molecule has 0 aliphatic heterocycles. The number of nitrogens with one attached hydrogen (secondary N) is 2. The van der Waals surface area contributed by atoms with Crippen LogP contribution in [-0.4, -0.2) is 21.4 Å². The predicted octanol–water partition coefficient (Wildman–Crippen LogP) is 1.63. The van der Waals surface area contributed by atoms with Gasteiger partial charge in [-0.2, -0.15) is 13.2 Å². The number of hydrogen-bond acceptors (Lipinski definition) is 5. The van der Waals surface area contributed by atoms with E-state index in [2.05, 4.69) is 20.4 Å². The molecule has 6 nitrogen and oxygen atoms in total. The third-order valence-electron chi connectivity index (χ3n) is 2.36. The lowest BCUT2D eigenvalue weighted by Gasteiger charge is -2.08. The number of amides is 2. The summed E-state index contributed by atoms with van der Waals surface area (Å²) in [6.07, 6.45) is -4.47. The van der Waals surface area contributed by atoms with Crippen LogP contribution in [0.4, 0.5) is 13.2 Å². The van der Waals surface area contributed by atoms with Gasteiger partial charge < -0.3 is 0 Å². The molecule has 2 rings (SSSR count). The van der Waals surface area contributed by atoms with Crippen LogP contribution in [0.25, 0.3) is 0 Å². The summed E-state index contributed by atoms with van der Waals surface area (Å²) in [5, 5.41) is 4.86. The number of alkyl halides is 3. The van der Waals surface area contributed by atoms with Gasteiger partial charge in [0.2, 0.25) is 0 Å². The van der Waals surface area contributed by atoms with Gasteiger partial charge in [-0.3, -0.25) is 20.4 Å². The van der Waals surface area contributed by atoms with E-state index in [1.165, 1.54) is 5.38 Å². The molecule has 2 aromatic rings. The second kappa shape index (κ2) is 5.87. The second-order valence-corrected chi connectivity index (χ2v) is 4.38. The van der Waals surface area contributed by atoms with Gasteiger partial charge in [-0.05, 0) is 35.8 Å². The van der Waals surface area contributed by atoms with E-state index in [0.717, 1.165) is 35.8 Å². The number of hydrogen-bond donors (Lipinski definition) is 2. The van der Waals surface area contributed by atoms with Crippen molar-refractivity contribution >= 4 is 23.3 Å². The van der Waals surface area contributed by atoms with E-state index in [1.807, 2.05) is 0 Å². The standard InChI is InChI=1S/C11H7F3N4O2S/c12-11(13,14)7-3-1-6(2-4-7)9(19)16-17-10(20)8-5-21-18-15-8/h1-5H,(H,16,19)(H,17,20). The third kappa shape index (κ3) is 3.75. The van der Waals surface area contributed by atoms with Gasteiger partial charge in [0.1, 0.15) is 0 Å². The number of aromatic nitrogens is 2. The number of hydrazine groups is 1. The lowest BCUT2D eigenvalue weighted by atomic mass is 10.1. The number of carbonyl (C=O) groups is 2. The maximum absolute atomic E-state index is 12.4. The number of rotatable bonds is 2. The first-order chi connectivity index (χ1) is 9.88. The van der Waals surface area contributed by atoms with Gasteiger partial charge in [0.25, 0.3) is 11.8 Å². The fraction of sp³-hybridized carbons (Fsp3) is 0.0909. The van der Waals surface area contributed by atoms with Crippen molar-refractivity contribution in [3.8, 4) is 0 Å². The Kier molecular flexibility index (Phi) is 4.17. The van der Waals surface area contributed by atoms with Gasteiger partial charge in [0, 0.05) is 10.9 Å². The van der Waals surface area contributed by atoms with Crippen LogP contribution in [0.3, 0.4) is 0 Å². The van der Waals surface area contributed by atoms with Crippen LogP contribution in [0.1, 0.15) is 26.4 Å². The Hall–Kier alpha value is -2.49. The molecule has 0 spiro atoms. The molecule has 21 heavy (non-hydrogen) atoms. The molecule has 1 heterocycles. The minimum absolute atomic E-state index is 0.0210. The highest BCUT2D eigenvalue weighted by molar-refractivity contribution is 7.03. The molecule has 0 unspecified atom stereocenters. The van der Waals surface area contributed by atoms with E-state index in [0.29, 0.717) is 0 Å². The van der Waals surface area contributed by atoms with Crippen LogP contribution in [0.15, 0.2) is 29.6 Å². The molecule has 1 aromatic heterocycles. The maximum Gasteiger partial charge on any atom is 0.416 e. The van der Waals surface area contributed by atoms with Crippen LogP contribution in [0, 0.1) is 0 Å². The lowest BCUT2D eigenvalue weighted by molar-refractivity contribution is -0.137. The fourth-order valence-electron chi connectivity index (χ4n) is 1.32. The molecular weight excluding hydrogens is 309 g/mol. The highest BCUT2D eigenvalue weighted by atomic mass is 32.1. The summed E-state index contributed by atoms with van der Waals surface area (Å²) in [7, 11) is 0. The van der Waals surface area contributed by atoms with Crippen LogP contribution < -0.4 is 10.9 Å². The van der Waals surface area contributed by atoms with Crippen molar-refractivity contribution in [2.24, 2.45) is 0 Å². The Morgan fingerprint density at radius 3 is 2.19 bits per heavy atom. The molecule has 0 aliphatic rings. The van der Waals surface area contributed by atoms with E-state index >= 15 is 0 Å². The molecular formula is C11H7F3N4O2S. The quantitative estimate of drug-likeness (QED) is 0.825. The first-order valence-electron chi connectivity index (χ1n) is 5.43. The molecule has 0 aliphatic carbocycles. The molecule has 0 saturated carbocycles. The summed E-state index contributed by atoms with van der Waals surface area (Å²) < 4.78 is 40.6. The maximum atomic E-state index is 12.4. The SMILES string of the molecule is O=C(NNC(=O)c1csnn1)c1ccc(C(F)(F)F)cc1. The highest BCUT2D eigenvalue weighted by Gasteiger charge is 2.30. The average Bonchev–Trinajstić information content (AvgIpc) is 2.98. The van der Waals surface area contributed by atoms with Gasteiger partial charge in [-0.15, -0.1) is 5.10 Å². The largest absolute Gasteiger partial charge is 0.416 e. The zero-order valence-electron chi connectivity index (χ0n) is 10.1. The fourth-order valence-corrected chi connectivity index (χ4v) is 1.76. The summed E-state index contributed by atoms with van der Waals surface area (Å²) in [6.45, 7) is 0. The van der Waals surface area contributed by atoms with E-state index in [9.17, 15) is 22.8 Å². The monoisotopic (exact) mass is 316 g/mol. The third-order valence-corrected chi connectivity index (χ3v) is 2.86. The smallest absolute Gasteiger partial charge is 0.267 e. The van der Waals surface area contributed by atoms with Gasteiger partial charge in [-0.1, -0.05) is 4.49 Å². The Labute approximate surface area is 120 Å². The van der Waals surface area contributed by atoms with Crippen molar-refractivity contribution < 1.29 is 22.8 Å². The Balaban J connectivity index is 1.96. The normalized spacial score (nSPS) is 11.0. The van der Waals surface area contributed by atoms with E-state index < -0.39 is 23.6 Å². The Morgan fingerprint density at radius 1 is 1.05 bits per heavy atom. The summed E-state index contributed by atoms with van der Waals surface area (Å²) in [4.78, 5) is 23.1. The van der Waals surface area contributed by atoms with Crippen molar-refractivity contribution in [1.82, 2.24) is 20.4 Å². The topological polar surface area (TPSA) is 84.0 Å². The summed E-state index contributed by atoms with van der Waals surface area (Å²) >= 11 is 0.961. The first kappa shape index (κ1) is 14.9. The molecule has 110 valence electrons. The number of nitrogens with zero attached hydrogens (tertiary/aromatic N) is 2. The van der Waals surface area contributed by atoms with Gasteiger partial charge in [0.05, 0.1) is 5.56 Å². The molecule has 2 N–H and O–H groups in total. The predicted molar refractivity (Wildman–Crippen MR) is 66.3 cm³/mol. The van der Waals surface area contributed by atoms with Crippen molar-refractivity contribution in [2.75, 3.05) is 0 Å². The van der Waals surface area contributed by atoms with Crippen LogP contribution in [0.2, 0.25) is 0 Å². The molecule has 10 heteroatoms. The Morgan fingerprint density at radius 2 is 1.67 bits per heavy atom. The minimum Gasteiger partial charge on any atom is -0.267 e. The Bertz CT molecular complexity index is 640. The average molecular weight is 316 g/mol. The number of carbonyl (C=O) groups excluding carboxylic acids is 2. The molecule has 0 saturated heterocycles.